The molecular weight excluding hydrogens is 554 g/mol. The Hall–Kier alpha value is -4.23. The second-order valence-electron chi connectivity index (χ2n) is 12.5. The lowest BCUT2D eigenvalue weighted by Gasteiger charge is -2.38. The molecule has 3 amide bonds. The maximum atomic E-state index is 13.0. The third-order valence-electron chi connectivity index (χ3n) is 8.63. The minimum Gasteiger partial charge on any atom is -0.371 e. The van der Waals surface area contributed by atoms with Crippen LogP contribution in [0.25, 0.3) is 0 Å². The van der Waals surface area contributed by atoms with E-state index < -0.39 is 5.41 Å². The van der Waals surface area contributed by atoms with E-state index in [-0.39, 0.29) is 36.3 Å². The number of benzene rings is 2. The molecule has 2 aliphatic rings. The van der Waals surface area contributed by atoms with Gasteiger partial charge < -0.3 is 25.3 Å². The highest BCUT2D eigenvalue weighted by molar-refractivity contribution is 5.98. The first-order valence-corrected chi connectivity index (χ1v) is 15.4. The van der Waals surface area contributed by atoms with Crippen molar-refractivity contribution in [1.29, 1.82) is 10.7 Å². The largest absolute Gasteiger partial charge is 0.371 e. The van der Waals surface area contributed by atoms with E-state index in [2.05, 4.69) is 16.7 Å². The van der Waals surface area contributed by atoms with Crippen LogP contribution in [0.1, 0.15) is 76.1 Å². The van der Waals surface area contributed by atoms with Crippen LogP contribution in [0.5, 0.6) is 0 Å². The first-order valence-electron chi connectivity index (χ1n) is 15.4. The Bertz CT molecular complexity index is 1400. The fraction of sp³-hybridized carbons (Fsp3) is 0.500. The van der Waals surface area contributed by atoms with Crippen LogP contribution < -0.4 is 10.6 Å². The van der Waals surface area contributed by atoms with E-state index in [4.69, 9.17) is 0 Å². The fourth-order valence-electron chi connectivity index (χ4n) is 6.48. The van der Waals surface area contributed by atoms with Crippen molar-refractivity contribution in [3.05, 3.63) is 69.8 Å². The minimum atomic E-state index is -0.927. The summed E-state index contributed by atoms with van der Waals surface area (Å²) in [5.41, 5.74) is 4.08. The van der Waals surface area contributed by atoms with E-state index >= 15 is 0 Å². The molecule has 2 aromatic carbocycles. The Morgan fingerprint density at radius 1 is 1.00 bits per heavy atom. The molecule has 234 valence electrons. The van der Waals surface area contributed by atoms with E-state index in [1.54, 1.807) is 42.9 Å². The molecule has 44 heavy (non-hydrogen) atoms. The maximum Gasteiger partial charge on any atom is 0.253 e. The molecule has 1 saturated heterocycles. The molecule has 1 aliphatic carbocycles. The fourth-order valence-corrected chi connectivity index (χ4v) is 6.48. The van der Waals surface area contributed by atoms with Gasteiger partial charge in [-0.1, -0.05) is 12.1 Å². The Morgan fingerprint density at radius 2 is 1.55 bits per heavy atom. The molecule has 1 atom stereocenters. The SMILES string of the molecule is CC(C)NC(=N)C1(CCNCC(=O)N2CCCC2C#N)c2ccc(C(=O)N(C)C)cc2CCc2cc(C(=O)N(C)C)ccc21. The number of amidine groups is 1. The number of likely N-dealkylation sites (tertiary alicyclic amines) is 1. The van der Waals surface area contributed by atoms with Gasteiger partial charge in [0.05, 0.1) is 18.0 Å². The maximum absolute atomic E-state index is 13.0. The summed E-state index contributed by atoms with van der Waals surface area (Å²) in [6, 6.07) is 13.4. The first kappa shape index (κ1) is 32.7. The van der Waals surface area contributed by atoms with Gasteiger partial charge in [-0.3, -0.25) is 19.8 Å². The summed E-state index contributed by atoms with van der Waals surface area (Å²) in [6.07, 6.45) is 3.28. The zero-order valence-corrected chi connectivity index (χ0v) is 26.8. The average molecular weight is 600 g/mol. The lowest BCUT2D eigenvalue weighted by Crippen LogP contribution is -2.49. The highest BCUT2D eigenvalue weighted by Gasteiger charge is 2.44. The average Bonchev–Trinajstić information content (AvgIpc) is 3.43. The number of carbonyl (C=O) groups excluding carboxylic acids is 3. The van der Waals surface area contributed by atoms with Crippen LogP contribution in [-0.2, 0) is 23.1 Å². The van der Waals surface area contributed by atoms with Crippen LogP contribution in [-0.4, -0.2) is 98.2 Å². The molecule has 1 unspecified atom stereocenters. The van der Waals surface area contributed by atoms with E-state index in [0.29, 0.717) is 55.7 Å². The molecule has 0 aromatic heterocycles. The summed E-state index contributed by atoms with van der Waals surface area (Å²) >= 11 is 0. The second-order valence-corrected chi connectivity index (χ2v) is 12.5. The molecular formula is C34H45N7O3. The lowest BCUT2D eigenvalue weighted by atomic mass is 9.68. The smallest absolute Gasteiger partial charge is 0.253 e. The number of nitriles is 1. The van der Waals surface area contributed by atoms with E-state index in [9.17, 15) is 25.1 Å². The van der Waals surface area contributed by atoms with Crippen molar-refractivity contribution >= 4 is 23.6 Å². The van der Waals surface area contributed by atoms with Crippen molar-refractivity contribution in [2.75, 3.05) is 47.8 Å². The van der Waals surface area contributed by atoms with Crippen molar-refractivity contribution in [1.82, 2.24) is 25.3 Å². The quantitative estimate of drug-likeness (QED) is 0.231. The minimum absolute atomic E-state index is 0.00803. The lowest BCUT2D eigenvalue weighted by molar-refractivity contribution is -0.130. The zero-order chi connectivity index (χ0) is 32.2. The van der Waals surface area contributed by atoms with Gasteiger partial charge >= 0.3 is 0 Å². The molecule has 1 aliphatic heterocycles. The normalized spacial score (nSPS) is 16.8. The van der Waals surface area contributed by atoms with Crippen molar-refractivity contribution in [3.63, 3.8) is 0 Å². The van der Waals surface area contributed by atoms with Gasteiger partial charge in [-0.15, -0.1) is 0 Å². The number of hydrogen-bond acceptors (Lipinski definition) is 6. The summed E-state index contributed by atoms with van der Waals surface area (Å²) in [5, 5.41) is 25.7. The standard InChI is InChI=1S/C34H45N7O3/c1-22(2)38-33(36)34(15-16-37-21-30(42)41-17-7-8-27(41)20-35)28-13-11-25(31(43)39(3)4)18-23(28)9-10-24-19-26(12-14-29(24)34)32(44)40(5)6/h11-14,18-19,22,27,37H,7-10,15-17,21H2,1-6H3,(H2,36,38). The number of carbonyl (C=O) groups is 3. The molecule has 0 radical (unpaired) electrons. The number of hydrogen-bond donors (Lipinski definition) is 3. The van der Waals surface area contributed by atoms with Gasteiger partial charge in [0.2, 0.25) is 5.91 Å². The predicted octanol–water partition coefficient (Wildman–Crippen LogP) is 2.94. The van der Waals surface area contributed by atoms with Crippen molar-refractivity contribution < 1.29 is 14.4 Å². The Kier molecular flexibility index (Phi) is 10.1. The van der Waals surface area contributed by atoms with E-state index in [0.717, 1.165) is 28.7 Å². The number of amides is 3. The third kappa shape index (κ3) is 6.48. The summed E-state index contributed by atoms with van der Waals surface area (Å²) in [5.74, 6) is 0.0469. The van der Waals surface area contributed by atoms with Crippen LogP contribution >= 0.6 is 0 Å². The summed E-state index contributed by atoms with van der Waals surface area (Å²) < 4.78 is 0. The van der Waals surface area contributed by atoms with Gasteiger partial charge in [0.15, 0.2) is 0 Å². The van der Waals surface area contributed by atoms with Crippen LogP contribution in [0.3, 0.4) is 0 Å². The van der Waals surface area contributed by atoms with Crippen LogP contribution in [0.4, 0.5) is 0 Å². The van der Waals surface area contributed by atoms with Crippen molar-refractivity contribution in [2.24, 2.45) is 0 Å². The number of aryl methyl sites for hydroxylation is 2. The van der Waals surface area contributed by atoms with Gasteiger partial charge in [-0.25, -0.2) is 0 Å². The predicted molar refractivity (Wildman–Crippen MR) is 171 cm³/mol. The second kappa shape index (κ2) is 13.6. The van der Waals surface area contributed by atoms with Gasteiger partial charge in [-0.05, 0) is 99.0 Å². The molecule has 1 fully saturated rings. The molecule has 1 heterocycles. The van der Waals surface area contributed by atoms with Gasteiger partial charge in [0.1, 0.15) is 11.9 Å². The van der Waals surface area contributed by atoms with Crippen LogP contribution in [0.2, 0.25) is 0 Å². The zero-order valence-electron chi connectivity index (χ0n) is 26.8. The highest BCUT2D eigenvalue weighted by Crippen LogP contribution is 2.43. The Labute approximate surface area is 260 Å². The third-order valence-corrected chi connectivity index (χ3v) is 8.63. The van der Waals surface area contributed by atoms with Gasteiger partial charge in [0, 0.05) is 51.9 Å². The summed E-state index contributed by atoms with van der Waals surface area (Å²) in [4.78, 5) is 43.6. The van der Waals surface area contributed by atoms with Crippen LogP contribution in [0.15, 0.2) is 36.4 Å². The van der Waals surface area contributed by atoms with Crippen molar-refractivity contribution in [2.45, 2.75) is 63.5 Å². The number of nitrogens with zero attached hydrogens (tertiary/aromatic N) is 4. The van der Waals surface area contributed by atoms with Crippen molar-refractivity contribution in [3.8, 4) is 6.07 Å². The van der Waals surface area contributed by atoms with E-state index in [1.807, 2.05) is 50.2 Å². The van der Waals surface area contributed by atoms with Gasteiger partial charge in [-0.2, -0.15) is 5.26 Å². The molecule has 10 heteroatoms. The molecule has 2 aromatic rings. The number of nitrogens with one attached hydrogen (secondary N) is 3. The molecule has 3 N–H and O–H groups in total. The molecule has 0 spiro atoms. The molecule has 10 nitrogen and oxygen atoms in total. The number of fused-ring (bicyclic) bond motifs is 2. The summed E-state index contributed by atoms with van der Waals surface area (Å²) in [7, 11) is 6.92. The first-order chi connectivity index (χ1) is 20.9. The van der Waals surface area contributed by atoms with Gasteiger partial charge in [0.25, 0.3) is 11.8 Å². The highest BCUT2D eigenvalue weighted by atomic mass is 16.2. The summed E-state index contributed by atoms with van der Waals surface area (Å²) in [6.45, 7) is 5.11. The monoisotopic (exact) mass is 599 g/mol. The number of rotatable bonds is 9. The topological polar surface area (TPSA) is 133 Å². The molecule has 0 bridgehead atoms. The Morgan fingerprint density at radius 3 is 2.02 bits per heavy atom. The van der Waals surface area contributed by atoms with E-state index in [1.165, 1.54) is 0 Å². The Balaban J connectivity index is 1.79. The molecule has 4 rings (SSSR count). The molecule has 0 saturated carbocycles. The van der Waals surface area contributed by atoms with Crippen LogP contribution in [0, 0.1) is 16.7 Å².